The quantitative estimate of drug-likeness (QED) is 0.309. The van der Waals surface area contributed by atoms with E-state index in [0.717, 1.165) is 6.26 Å². The number of aliphatic hydroxyl groups excluding tert-OH is 4. The van der Waals surface area contributed by atoms with Crippen LogP contribution in [0.4, 0.5) is 0 Å². The first-order chi connectivity index (χ1) is 8.76. The van der Waals surface area contributed by atoms with Crippen LogP contribution in [0.5, 0.6) is 0 Å². The molecule has 8 nitrogen and oxygen atoms in total. The van der Waals surface area contributed by atoms with Gasteiger partial charge in [-0.2, -0.15) is 0 Å². The molecule has 0 spiro atoms. The molecule has 0 aliphatic carbocycles. The minimum absolute atomic E-state index is 0.0274. The van der Waals surface area contributed by atoms with E-state index >= 15 is 0 Å². The molecule has 0 aromatic heterocycles. The Morgan fingerprint density at radius 2 is 1.84 bits per heavy atom. The van der Waals surface area contributed by atoms with Gasteiger partial charge in [-0.25, -0.2) is 8.42 Å². The fraction of sp³-hybridized carbons (Fsp3) is 1.00. The zero-order valence-corrected chi connectivity index (χ0v) is 11.9. The molecule has 0 unspecified atom stereocenters. The molecule has 1 rings (SSSR count). The van der Waals surface area contributed by atoms with Gasteiger partial charge >= 0.3 is 0 Å². The Labute approximate surface area is 114 Å². The molecule has 19 heavy (non-hydrogen) atoms. The number of hydrogen-bond acceptors (Lipinski definition) is 9. The van der Waals surface area contributed by atoms with E-state index in [1.54, 1.807) is 0 Å². The van der Waals surface area contributed by atoms with Gasteiger partial charge in [0.1, 0.15) is 24.4 Å². The molecule has 1 fully saturated rings. The van der Waals surface area contributed by atoms with E-state index < -0.39 is 46.2 Å². The van der Waals surface area contributed by atoms with Crippen LogP contribution in [0.25, 0.3) is 0 Å². The molecule has 1 saturated heterocycles. The number of rotatable bonds is 6. The molecule has 1 aliphatic heterocycles. The number of hydrogen-bond donors (Lipinski definition) is 4. The van der Waals surface area contributed by atoms with Gasteiger partial charge in [-0.3, -0.25) is 0 Å². The van der Waals surface area contributed by atoms with Gasteiger partial charge in [0.05, 0.1) is 13.2 Å². The van der Waals surface area contributed by atoms with Crippen molar-refractivity contribution in [2.75, 3.05) is 25.2 Å². The van der Waals surface area contributed by atoms with Crippen LogP contribution in [0, 0.1) is 0 Å². The van der Waals surface area contributed by atoms with Gasteiger partial charge in [-0.05, 0) is 10.8 Å². The van der Waals surface area contributed by atoms with Gasteiger partial charge in [-0.1, -0.05) is 0 Å². The van der Waals surface area contributed by atoms with E-state index in [2.05, 4.69) is 0 Å². The van der Waals surface area contributed by atoms with Crippen molar-refractivity contribution in [2.24, 2.45) is 0 Å². The van der Waals surface area contributed by atoms with Gasteiger partial charge < -0.3 is 29.9 Å². The molecule has 0 aromatic rings. The largest absolute Gasteiger partial charge is 0.394 e. The van der Waals surface area contributed by atoms with Crippen LogP contribution in [-0.2, 0) is 18.3 Å². The van der Waals surface area contributed by atoms with Crippen LogP contribution in [-0.4, -0.2) is 84.8 Å². The highest BCUT2D eigenvalue weighted by Gasteiger charge is 2.43. The summed E-state index contributed by atoms with van der Waals surface area (Å²) in [4.78, 5) is 0. The van der Waals surface area contributed by atoms with E-state index in [-0.39, 0.29) is 12.4 Å². The lowest BCUT2D eigenvalue weighted by molar-refractivity contribution is -0.299. The molecule has 10 heteroatoms. The number of aliphatic hydroxyl groups is 4. The first kappa shape index (κ1) is 17.1. The van der Waals surface area contributed by atoms with Crippen molar-refractivity contribution in [1.29, 1.82) is 0 Å². The highest BCUT2D eigenvalue weighted by Crippen LogP contribution is 2.22. The molecule has 0 aromatic carbocycles. The van der Waals surface area contributed by atoms with Gasteiger partial charge in [-0.15, -0.1) is 0 Å². The SMILES string of the molecule is CS(=O)(=O)SCCO[C@@H]1O[C@H](CO)[C@H](O)[C@H](O)[C@H]1O. The van der Waals surface area contributed by atoms with Crippen molar-refractivity contribution in [1.82, 2.24) is 0 Å². The van der Waals surface area contributed by atoms with Crippen LogP contribution in [0.1, 0.15) is 0 Å². The summed E-state index contributed by atoms with van der Waals surface area (Å²) in [5.74, 6) is 0.133. The Morgan fingerprint density at radius 3 is 2.37 bits per heavy atom. The Hall–Kier alpha value is 0.0600. The molecule has 1 heterocycles. The zero-order chi connectivity index (χ0) is 14.6. The first-order valence-electron chi connectivity index (χ1n) is 5.53. The molecule has 0 radical (unpaired) electrons. The second-order valence-electron chi connectivity index (χ2n) is 4.09. The summed E-state index contributed by atoms with van der Waals surface area (Å²) >= 11 is 0. The van der Waals surface area contributed by atoms with E-state index in [0.29, 0.717) is 10.8 Å². The van der Waals surface area contributed by atoms with E-state index in [1.807, 2.05) is 0 Å². The molecular formula is C9H18O8S2. The van der Waals surface area contributed by atoms with Crippen LogP contribution >= 0.6 is 10.8 Å². The zero-order valence-electron chi connectivity index (χ0n) is 10.2. The second kappa shape index (κ2) is 7.18. The summed E-state index contributed by atoms with van der Waals surface area (Å²) in [6.07, 6.45) is -5.61. The topological polar surface area (TPSA) is 134 Å². The summed E-state index contributed by atoms with van der Waals surface area (Å²) in [6, 6.07) is 0. The maximum Gasteiger partial charge on any atom is 0.198 e. The predicted octanol–water partition coefficient (Wildman–Crippen LogP) is -2.50. The highest BCUT2D eigenvalue weighted by atomic mass is 33.1. The van der Waals surface area contributed by atoms with E-state index in [9.17, 15) is 23.7 Å². The van der Waals surface area contributed by atoms with Crippen molar-refractivity contribution in [2.45, 2.75) is 30.7 Å². The molecule has 114 valence electrons. The Morgan fingerprint density at radius 1 is 1.21 bits per heavy atom. The summed E-state index contributed by atoms with van der Waals surface area (Å²) in [5, 5.41) is 37.6. The molecule has 0 amide bonds. The van der Waals surface area contributed by atoms with E-state index in [1.165, 1.54) is 0 Å². The van der Waals surface area contributed by atoms with Crippen LogP contribution in [0.2, 0.25) is 0 Å². The highest BCUT2D eigenvalue weighted by molar-refractivity contribution is 8.71. The Bertz CT molecular complexity index is 370. The summed E-state index contributed by atoms with van der Waals surface area (Å²) in [5.41, 5.74) is 0. The molecule has 0 saturated carbocycles. The maximum atomic E-state index is 10.9. The third-order valence-electron chi connectivity index (χ3n) is 2.51. The standard InChI is InChI=1S/C9H18O8S2/c1-19(14,15)18-3-2-16-9-8(13)7(12)6(11)5(4-10)17-9/h5-13H,2-4H2,1H3/t5-,6+,7+,8-,9-/m1/s1. The van der Waals surface area contributed by atoms with Crippen molar-refractivity contribution in [3.05, 3.63) is 0 Å². The van der Waals surface area contributed by atoms with Crippen molar-refractivity contribution < 1.29 is 38.3 Å². The summed E-state index contributed by atoms with van der Waals surface area (Å²) < 4.78 is 31.9. The number of ether oxygens (including phenoxy) is 2. The van der Waals surface area contributed by atoms with Crippen LogP contribution in [0.3, 0.4) is 0 Å². The van der Waals surface area contributed by atoms with Crippen molar-refractivity contribution in [3.63, 3.8) is 0 Å². The predicted molar refractivity (Wildman–Crippen MR) is 67.0 cm³/mol. The molecular weight excluding hydrogens is 300 g/mol. The molecule has 4 N–H and O–H groups in total. The summed E-state index contributed by atoms with van der Waals surface area (Å²) in [6.45, 7) is -0.566. The van der Waals surface area contributed by atoms with Crippen LogP contribution < -0.4 is 0 Å². The van der Waals surface area contributed by atoms with Gasteiger partial charge in [0.2, 0.25) is 0 Å². The minimum Gasteiger partial charge on any atom is -0.394 e. The lowest BCUT2D eigenvalue weighted by Gasteiger charge is -2.39. The average Bonchev–Trinajstić information content (AvgIpc) is 2.33. The minimum atomic E-state index is -3.17. The third kappa shape index (κ3) is 5.16. The molecule has 1 aliphatic rings. The van der Waals surface area contributed by atoms with Crippen molar-refractivity contribution in [3.8, 4) is 0 Å². The van der Waals surface area contributed by atoms with Gasteiger partial charge in [0.15, 0.2) is 15.2 Å². The average molecular weight is 318 g/mol. The van der Waals surface area contributed by atoms with E-state index in [4.69, 9.17) is 14.6 Å². The van der Waals surface area contributed by atoms with Crippen LogP contribution in [0.15, 0.2) is 0 Å². The fourth-order valence-electron chi connectivity index (χ4n) is 1.55. The fourth-order valence-corrected chi connectivity index (χ4v) is 3.13. The maximum absolute atomic E-state index is 10.9. The summed E-state index contributed by atoms with van der Waals surface area (Å²) in [7, 11) is -2.49. The smallest absolute Gasteiger partial charge is 0.198 e. The normalized spacial score (nSPS) is 36.4. The second-order valence-corrected chi connectivity index (χ2v) is 8.67. The van der Waals surface area contributed by atoms with Crippen molar-refractivity contribution >= 4 is 19.7 Å². The van der Waals surface area contributed by atoms with Gasteiger partial charge in [0, 0.05) is 12.0 Å². The van der Waals surface area contributed by atoms with Gasteiger partial charge in [0.25, 0.3) is 0 Å². The molecule has 0 bridgehead atoms. The molecule has 5 atom stereocenters. The lowest BCUT2D eigenvalue weighted by atomic mass is 9.99. The first-order valence-corrected chi connectivity index (χ1v) is 8.92. The lowest BCUT2D eigenvalue weighted by Crippen LogP contribution is -2.59. The Kier molecular flexibility index (Phi) is 6.47. The third-order valence-corrected chi connectivity index (χ3v) is 5.06. The Balaban J connectivity index is 2.44. The monoisotopic (exact) mass is 318 g/mol.